The number of aryl methyl sites for hydroxylation is 2. The predicted molar refractivity (Wildman–Crippen MR) is 76.8 cm³/mol. The van der Waals surface area contributed by atoms with Gasteiger partial charge < -0.3 is 10.3 Å². The van der Waals surface area contributed by atoms with E-state index in [1.807, 2.05) is 28.8 Å². The van der Waals surface area contributed by atoms with E-state index in [1.165, 1.54) is 5.56 Å². The molecule has 0 bridgehead atoms. The average molecular weight is 263 g/mol. The molecule has 0 atom stereocenters. The number of aromatic nitrogens is 3. The van der Waals surface area contributed by atoms with Gasteiger partial charge in [0.2, 0.25) is 5.95 Å². The highest BCUT2D eigenvalue weighted by molar-refractivity contribution is 5.79. The van der Waals surface area contributed by atoms with Crippen LogP contribution in [0.4, 0.5) is 5.95 Å². The molecule has 0 unspecified atom stereocenters. The molecule has 2 aromatic heterocycles. The molecule has 3 rings (SSSR count). The summed E-state index contributed by atoms with van der Waals surface area (Å²) in [7, 11) is 0. The zero-order valence-electron chi connectivity index (χ0n) is 10.8. The van der Waals surface area contributed by atoms with Crippen molar-refractivity contribution in [2.75, 3.05) is 5.73 Å². The van der Waals surface area contributed by atoms with Crippen molar-refractivity contribution in [2.45, 2.75) is 13.0 Å². The lowest BCUT2D eigenvalue weighted by molar-refractivity contribution is 0.725. The summed E-state index contributed by atoms with van der Waals surface area (Å²) in [6.45, 7) is 0.723. The number of nitriles is 1. The van der Waals surface area contributed by atoms with Crippen molar-refractivity contribution in [3.05, 3.63) is 53.9 Å². The van der Waals surface area contributed by atoms with Gasteiger partial charge in [0.25, 0.3) is 0 Å². The van der Waals surface area contributed by atoms with Gasteiger partial charge in [-0.25, -0.2) is 4.98 Å². The van der Waals surface area contributed by atoms with Gasteiger partial charge in [0.1, 0.15) is 0 Å². The van der Waals surface area contributed by atoms with Crippen LogP contribution in [0.15, 0.2) is 42.7 Å². The van der Waals surface area contributed by atoms with E-state index in [0.29, 0.717) is 11.5 Å². The highest BCUT2D eigenvalue weighted by Crippen LogP contribution is 2.19. The third-order valence-electron chi connectivity index (χ3n) is 3.28. The molecule has 0 aliphatic carbocycles. The summed E-state index contributed by atoms with van der Waals surface area (Å²) in [5.41, 5.74) is 9.49. The Morgan fingerprint density at radius 2 is 2.00 bits per heavy atom. The molecule has 3 aromatic rings. The molecule has 5 heteroatoms. The first-order chi connectivity index (χ1) is 9.78. The third-order valence-corrected chi connectivity index (χ3v) is 3.28. The largest absolute Gasteiger partial charge is 0.369 e. The van der Waals surface area contributed by atoms with Crippen LogP contribution >= 0.6 is 0 Å². The Kier molecular flexibility index (Phi) is 3.05. The van der Waals surface area contributed by atoms with Gasteiger partial charge in [-0.15, -0.1) is 0 Å². The first kappa shape index (κ1) is 12.2. The second-order valence-electron chi connectivity index (χ2n) is 4.54. The molecule has 20 heavy (non-hydrogen) atoms. The lowest BCUT2D eigenvalue weighted by Gasteiger charge is -2.06. The number of pyridine rings is 1. The highest BCUT2D eigenvalue weighted by atomic mass is 15.1. The smallest absolute Gasteiger partial charge is 0.201 e. The van der Waals surface area contributed by atoms with E-state index in [1.54, 1.807) is 18.5 Å². The van der Waals surface area contributed by atoms with Crippen LogP contribution in [-0.4, -0.2) is 14.5 Å². The van der Waals surface area contributed by atoms with Crippen LogP contribution < -0.4 is 5.73 Å². The van der Waals surface area contributed by atoms with Crippen molar-refractivity contribution in [1.82, 2.24) is 14.5 Å². The number of fused-ring (bicyclic) bond motifs is 1. The summed E-state index contributed by atoms with van der Waals surface area (Å²) in [6.07, 6.45) is 4.39. The summed E-state index contributed by atoms with van der Waals surface area (Å²) in [6, 6.07) is 11.5. The molecule has 0 aliphatic rings. The Bertz CT molecular complexity index is 783. The van der Waals surface area contributed by atoms with Crippen molar-refractivity contribution in [3.8, 4) is 6.07 Å². The van der Waals surface area contributed by atoms with E-state index in [4.69, 9.17) is 11.0 Å². The van der Waals surface area contributed by atoms with Gasteiger partial charge in [0, 0.05) is 18.9 Å². The molecule has 2 N–H and O–H groups in total. The number of nitrogens with two attached hydrogens (primary N) is 1. The Hall–Kier alpha value is -2.87. The lowest BCUT2D eigenvalue weighted by Crippen LogP contribution is -2.05. The second-order valence-corrected chi connectivity index (χ2v) is 4.54. The Morgan fingerprint density at radius 3 is 2.75 bits per heavy atom. The molecule has 0 amide bonds. The molecule has 0 spiro atoms. The first-order valence-electron chi connectivity index (χ1n) is 6.32. The van der Waals surface area contributed by atoms with E-state index in [0.717, 1.165) is 24.0 Å². The van der Waals surface area contributed by atoms with E-state index in [-0.39, 0.29) is 0 Å². The number of anilines is 1. The van der Waals surface area contributed by atoms with Gasteiger partial charge >= 0.3 is 0 Å². The van der Waals surface area contributed by atoms with Gasteiger partial charge in [-0.1, -0.05) is 0 Å². The fourth-order valence-corrected chi connectivity index (χ4v) is 2.24. The van der Waals surface area contributed by atoms with Crippen LogP contribution in [0, 0.1) is 11.3 Å². The van der Waals surface area contributed by atoms with Gasteiger partial charge in [0.05, 0.1) is 22.7 Å². The maximum absolute atomic E-state index is 8.98. The molecule has 0 aliphatic heterocycles. The van der Waals surface area contributed by atoms with Crippen molar-refractivity contribution >= 4 is 17.0 Å². The molecule has 1 aromatic carbocycles. The average Bonchev–Trinajstić information content (AvgIpc) is 2.80. The topological polar surface area (TPSA) is 80.5 Å². The maximum atomic E-state index is 8.98. The van der Waals surface area contributed by atoms with Crippen molar-refractivity contribution in [2.24, 2.45) is 0 Å². The number of rotatable bonds is 3. The number of hydrogen-bond acceptors (Lipinski definition) is 4. The normalized spacial score (nSPS) is 10.6. The molecule has 0 radical (unpaired) electrons. The molecular weight excluding hydrogens is 250 g/mol. The zero-order valence-corrected chi connectivity index (χ0v) is 10.8. The number of nitrogens with zero attached hydrogens (tertiary/aromatic N) is 4. The standard InChI is InChI=1S/C15H13N5/c16-10-12-1-2-13-14(9-12)20(15(17)19-13)8-5-11-3-6-18-7-4-11/h1-4,6-7,9H,5,8H2,(H2,17,19). The predicted octanol–water partition coefficient (Wildman–Crippen LogP) is 2.13. The molecule has 5 nitrogen and oxygen atoms in total. The van der Waals surface area contributed by atoms with Crippen molar-refractivity contribution in [3.63, 3.8) is 0 Å². The van der Waals surface area contributed by atoms with Crippen LogP contribution in [0.2, 0.25) is 0 Å². The lowest BCUT2D eigenvalue weighted by atomic mass is 10.2. The van der Waals surface area contributed by atoms with Gasteiger partial charge in [0.15, 0.2) is 0 Å². The monoisotopic (exact) mass is 263 g/mol. The first-order valence-corrected chi connectivity index (χ1v) is 6.32. The Labute approximate surface area is 116 Å². The quantitative estimate of drug-likeness (QED) is 0.785. The van der Waals surface area contributed by atoms with Crippen LogP contribution in [0.1, 0.15) is 11.1 Å². The van der Waals surface area contributed by atoms with Crippen LogP contribution in [-0.2, 0) is 13.0 Å². The summed E-state index contributed by atoms with van der Waals surface area (Å²) < 4.78 is 1.94. The van der Waals surface area contributed by atoms with Crippen LogP contribution in [0.3, 0.4) is 0 Å². The third kappa shape index (κ3) is 2.19. The molecule has 0 saturated heterocycles. The number of hydrogen-bond donors (Lipinski definition) is 1. The maximum Gasteiger partial charge on any atom is 0.201 e. The summed E-state index contributed by atoms with van der Waals surface area (Å²) >= 11 is 0. The number of benzene rings is 1. The van der Waals surface area contributed by atoms with Crippen LogP contribution in [0.5, 0.6) is 0 Å². The second kappa shape index (κ2) is 5.02. The fourth-order valence-electron chi connectivity index (χ4n) is 2.24. The van der Waals surface area contributed by atoms with E-state index in [2.05, 4.69) is 16.0 Å². The highest BCUT2D eigenvalue weighted by Gasteiger charge is 2.08. The summed E-state index contributed by atoms with van der Waals surface area (Å²) in [5.74, 6) is 0.476. The van der Waals surface area contributed by atoms with Gasteiger partial charge in [-0.2, -0.15) is 5.26 Å². The minimum absolute atomic E-state index is 0.476. The minimum atomic E-state index is 0.476. The van der Waals surface area contributed by atoms with E-state index in [9.17, 15) is 0 Å². The minimum Gasteiger partial charge on any atom is -0.369 e. The van der Waals surface area contributed by atoms with Crippen LogP contribution in [0.25, 0.3) is 11.0 Å². The summed E-state index contributed by atoms with van der Waals surface area (Å²) in [5, 5.41) is 8.98. The van der Waals surface area contributed by atoms with Crippen molar-refractivity contribution < 1.29 is 0 Å². The zero-order chi connectivity index (χ0) is 13.9. The van der Waals surface area contributed by atoms with Crippen molar-refractivity contribution in [1.29, 1.82) is 5.26 Å². The number of nitrogen functional groups attached to an aromatic ring is 1. The van der Waals surface area contributed by atoms with E-state index >= 15 is 0 Å². The summed E-state index contributed by atoms with van der Waals surface area (Å²) in [4.78, 5) is 8.32. The SMILES string of the molecule is N#Cc1ccc2nc(N)n(CCc3ccncc3)c2c1. The Balaban J connectivity index is 1.94. The van der Waals surface area contributed by atoms with Gasteiger partial charge in [-0.3, -0.25) is 4.98 Å². The molecule has 98 valence electrons. The molecule has 2 heterocycles. The fraction of sp³-hybridized carbons (Fsp3) is 0.133. The molecule has 0 saturated carbocycles. The molecule has 0 fully saturated rings. The Morgan fingerprint density at radius 1 is 1.20 bits per heavy atom. The van der Waals surface area contributed by atoms with E-state index < -0.39 is 0 Å². The molecular formula is C15H13N5. The number of imidazole rings is 1. The van der Waals surface area contributed by atoms with Gasteiger partial charge in [-0.05, 0) is 42.3 Å².